The van der Waals surface area contributed by atoms with Gasteiger partial charge in [0, 0.05) is 48.4 Å². The highest BCUT2D eigenvalue weighted by atomic mass is 35.5. The fraction of sp³-hybridized carbons (Fsp3) is 0.238. The van der Waals surface area contributed by atoms with Crippen molar-refractivity contribution in [2.45, 2.75) is 0 Å². The molecule has 0 spiro atoms. The first kappa shape index (κ1) is 21.8. The molecule has 166 valence electrons. The lowest BCUT2D eigenvalue weighted by molar-refractivity contribution is 0.102. The minimum absolute atomic E-state index is 0.0480. The van der Waals surface area contributed by atoms with Crippen LogP contribution in [0.4, 0.5) is 21.2 Å². The third-order valence-corrected chi connectivity index (χ3v) is 5.90. The van der Waals surface area contributed by atoms with Crippen LogP contribution >= 0.6 is 23.1 Å². The number of urea groups is 1. The zero-order valence-electron chi connectivity index (χ0n) is 17.2. The lowest BCUT2D eigenvalue weighted by atomic mass is 10.2. The number of hydrogen-bond donors (Lipinski definition) is 2. The highest BCUT2D eigenvalue weighted by molar-refractivity contribution is 7.10. The summed E-state index contributed by atoms with van der Waals surface area (Å²) in [6.07, 6.45) is 0. The van der Waals surface area contributed by atoms with Crippen LogP contribution in [0.2, 0.25) is 5.02 Å². The topological polar surface area (TPSA) is 99.7 Å². The molecule has 1 saturated heterocycles. The largest absolute Gasteiger partial charge is 0.495 e. The van der Waals surface area contributed by atoms with Crippen molar-refractivity contribution in [2.24, 2.45) is 0 Å². The van der Waals surface area contributed by atoms with Crippen molar-refractivity contribution in [1.82, 2.24) is 14.5 Å². The zero-order valence-corrected chi connectivity index (χ0v) is 18.8. The van der Waals surface area contributed by atoms with Crippen LogP contribution in [0.5, 0.6) is 5.75 Å². The number of rotatable bonds is 5. The first-order valence-corrected chi connectivity index (χ1v) is 11.0. The average molecular weight is 473 g/mol. The molecule has 9 nitrogen and oxygen atoms in total. The molecule has 0 bridgehead atoms. The summed E-state index contributed by atoms with van der Waals surface area (Å²) in [6, 6.07) is 14.4. The normalized spacial score (nSPS) is 13.6. The summed E-state index contributed by atoms with van der Waals surface area (Å²) in [4.78, 5) is 29.3. The van der Waals surface area contributed by atoms with Crippen molar-refractivity contribution in [2.75, 3.05) is 48.8 Å². The maximum Gasteiger partial charge on any atom is 0.322 e. The van der Waals surface area contributed by atoms with Crippen LogP contribution in [0, 0.1) is 0 Å². The lowest BCUT2D eigenvalue weighted by Gasteiger charge is -2.36. The summed E-state index contributed by atoms with van der Waals surface area (Å²) < 4.78 is 9.08. The molecule has 11 heteroatoms. The van der Waals surface area contributed by atoms with Crippen LogP contribution in [-0.2, 0) is 0 Å². The maximum atomic E-state index is 12.8. The van der Waals surface area contributed by atoms with Crippen molar-refractivity contribution in [3.05, 3.63) is 59.2 Å². The Kier molecular flexibility index (Phi) is 6.72. The number of hydrogen-bond acceptors (Lipinski definition) is 7. The third-order valence-electron chi connectivity index (χ3n) is 5.02. The number of ether oxygens (including phenoxy) is 1. The van der Waals surface area contributed by atoms with Gasteiger partial charge in [0.15, 0.2) is 10.7 Å². The van der Waals surface area contributed by atoms with Gasteiger partial charge in [0.1, 0.15) is 5.75 Å². The molecular formula is C21H21ClN6O3S. The van der Waals surface area contributed by atoms with Crippen LogP contribution in [-0.4, -0.2) is 59.7 Å². The van der Waals surface area contributed by atoms with E-state index in [4.69, 9.17) is 16.3 Å². The summed E-state index contributed by atoms with van der Waals surface area (Å²) in [5, 5.41) is 10.4. The Labute approximate surface area is 194 Å². The number of nitrogens with zero attached hydrogens (tertiary/aromatic N) is 4. The van der Waals surface area contributed by atoms with E-state index in [2.05, 4.69) is 25.1 Å². The highest BCUT2D eigenvalue weighted by Crippen LogP contribution is 2.26. The molecule has 1 fully saturated rings. The molecule has 2 heterocycles. The lowest BCUT2D eigenvalue weighted by Crippen LogP contribution is -2.50. The van der Waals surface area contributed by atoms with Gasteiger partial charge in [-0.2, -0.15) is 0 Å². The van der Waals surface area contributed by atoms with E-state index in [1.807, 2.05) is 24.3 Å². The molecule has 0 atom stereocenters. The monoisotopic (exact) mass is 472 g/mol. The minimum atomic E-state index is -0.482. The molecule has 1 aromatic heterocycles. The van der Waals surface area contributed by atoms with E-state index in [9.17, 15) is 9.59 Å². The van der Waals surface area contributed by atoms with Gasteiger partial charge in [0.05, 0.1) is 12.8 Å². The summed E-state index contributed by atoms with van der Waals surface area (Å²) in [5.41, 5.74) is 1.58. The summed E-state index contributed by atoms with van der Waals surface area (Å²) in [5.74, 6) is 0.0384. The second-order valence-electron chi connectivity index (χ2n) is 6.99. The second kappa shape index (κ2) is 9.84. The van der Waals surface area contributed by atoms with Gasteiger partial charge in [0.2, 0.25) is 0 Å². The number of nitrogens with one attached hydrogen (secondary N) is 2. The Hall–Kier alpha value is -3.37. The Morgan fingerprint density at radius 2 is 1.84 bits per heavy atom. The molecule has 0 aliphatic carbocycles. The van der Waals surface area contributed by atoms with Crippen molar-refractivity contribution >= 4 is 51.4 Å². The fourth-order valence-electron chi connectivity index (χ4n) is 3.37. The number of benzene rings is 2. The molecule has 3 amide bonds. The van der Waals surface area contributed by atoms with Crippen molar-refractivity contribution < 1.29 is 14.3 Å². The van der Waals surface area contributed by atoms with Crippen LogP contribution < -0.4 is 20.3 Å². The van der Waals surface area contributed by atoms with Gasteiger partial charge in [-0.25, -0.2) is 4.79 Å². The standard InChI is InChI=1S/C21H21ClN6O3S/c1-31-17-8-3-2-7-16(17)23-19(29)18-20(32-26-25-18)24-21(30)28-11-9-27(10-12-28)15-6-4-5-14(22)13-15/h2-8,13H,9-12H2,1H3,(H,23,29)(H,24,30). The number of amides is 3. The molecule has 3 aromatic rings. The molecule has 4 rings (SSSR count). The molecule has 1 aliphatic rings. The van der Waals surface area contributed by atoms with Gasteiger partial charge >= 0.3 is 6.03 Å². The molecule has 32 heavy (non-hydrogen) atoms. The number of halogens is 1. The van der Waals surface area contributed by atoms with E-state index in [-0.39, 0.29) is 11.7 Å². The fourth-order valence-corrected chi connectivity index (χ4v) is 4.11. The quantitative estimate of drug-likeness (QED) is 0.585. The van der Waals surface area contributed by atoms with E-state index in [0.29, 0.717) is 47.6 Å². The van der Waals surface area contributed by atoms with Crippen LogP contribution in [0.3, 0.4) is 0 Å². The van der Waals surface area contributed by atoms with Crippen LogP contribution in [0.15, 0.2) is 48.5 Å². The minimum Gasteiger partial charge on any atom is -0.495 e. The van der Waals surface area contributed by atoms with E-state index in [0.717, 1.165) is 17.2 Å². The molecule has 2 N–H and O–H groups in total. The number of carbonyl (C=O) groups excluding carboxylic acids is 2. The predicted octanol–water partition coefficient (Wildman–Crippen LogP) is 3.81. The molecule has 2 aromatic carbocycles. The Morgan fingerprint density at radius 1 is 1.06 bits per heavy atom. The second-order valence-corrected chi connectivity index (χ2v) is 8.18. The number of para-hydroxylation sites is 2. The zero-order chi connectivity index (χ0) is 22.5. The van der Waals surface area contributed by atoms with Gasteiger partial charge in [-0.3, -0.25) is 10.1 Å². The van der Waals surface area contributed by atoms with Crippen LogP contribution in [0.1, 0.15) is 10.5 Å². The van der Waals surface area contributed by atoms with E-state index < -0.39 is 5.91 Å². The van der Waals surface area contributed by atoms with E-state index >= 15 is 0 Å². The number of anilines is 3. The number of methoxy groups -OCH3 is 1. The maximum absolute atomic E-state index is 12.8. The number of carbonyl (C=O) groups is 2. The predicted molar refractivity (Wildman–Crippen MR) is 125 cm³/mol. The summed E-state index contributed by atoms with van der Waals surface area (Å²) >= 11 is 7.03. The van der Waals surface area contributed by atoms with E-state index in [1.54, 1.807) is 29.2 Å². The van der Waals surface area contributed by atoms with Crippen molar-refractivity contribution in [1.29, 1.82) is 0 Å². The van der Waals surface area contributed by atoms with Gasteiger partial charge in [-0.05, 0) is 30.3 Å². The molecule has 0 saturated carbocycles. The van der Waals surface area contributed by atoms with Crippen LogP contribution in [0.25, 0.3) is 0 Å². The van der Waals surface area contributed by atoms with Crippen molar-refractivity contribution in [3.8, 4) is 5.75 Å². The van der Waals surface area contributed by atoms with Gasteiger partial charge in [-0.15, -0.1) is 5.10 Å². The number of aromatic nitrogens is 2. The Morgan fingerprint density at radius 3 is 2.59 bits per heavy atom. The summed E-state index contributed by atoms with van der Waals surface area (Å²) in [7, 11) is 1.52. The van der Waals surface area contributed by atoms with Crippen molar-refractivity contribution in [3.63, 3.8) is 0 Å². The smallest absolute Gasteiger partial charge is 0.322 e. The molecular weight excluding hydrogens is 452 g/mol. The van der Waals surface area contributed by atoms with E-state index in [1.165, 1.54) is 7.11 Å². The first-order chi connectivity index (χ1) is 15.5. The van der Waals surface area contributed by atoms with Gasteiger partial charge < -0.3 is 19.9 Å². The summed E-state index contributed by atoms with van der Waals surface area (Å²) in [6.45, 7) is 2.42. The first-order valence-electron chi connectivity index (χ1n) is 9.88. The van der Waals surface area contributed by atoms with Gasteiger partial charge in [-0.1, -0.05) is 34.3 Å². The Bertz CT molecular complexity index is 1120. The molecule has 0 radical (unpaired) electrons. The molecule has 1 aliphatic heterocycles. The SMILES string of the molecule is COc1ccccc1NC(=O)c1nnsc1NC(=O)N1CCN(c2cccc(Cl)c2)CC1. The average Bonchev–Trinajstić information content (AvgIpc) is 3.28. The Balaban J connectivity index is 1.37. The van der Waals surface area contributed by atoms with Gasteiger partial charge in [0.25, 0.3) is 5.91 Å². The molecule has 0 unspecified atom stereocenters. The third kappa shape index (κ3) is 4.92. The highest BCUT2D eigenvalue weighted by Gasteiger charge is 2.25. The number of piperazine rings is 1.